The zero-order chi connectivity index (χ0) is 15.5. The number of aryl methyl sites for hydroxylation is 1. The smallest absolute Gasteiger partial charge is 0.410 e. The van der Waals surface area contributed by atoms with Gasteiger partial charge in [0, 0.05) is 19.3 Å². The molecule has 1 amide bonds. The number of carbonyl (C=O) groups excluding carboxylic acids is 1. The van der Waals surface area contributed by atoms with Crippen molar-refractivity contribution in [2.45, 2.75) is 65.0 Å². The number of hydrogen-bond donors (Lipinski definition) is 0. The van der Waals surface area contributed by atoms with Gasteiger partial charge in [-0.2, -0.15) is 0 Å². The fraction of sp³-hybridized carbons (Fsp3) is 0.800. The number of amides is 1. The standard InChI is InChI=1S/C15H26N4O2/c1-5-6-12-11-19(17-16-12)13-7-9-18(10-8-13)14(20)21-15(2,3)4/h11,13H,5-10H2,1-4H3. The molecule has 1 aromatic heterocycles. The third-order valence-electron chi connectivity index (χ3n) is 3.55. The van der Waals surface area contributed by atoms with Gasteiger partial charge in [-0.25, -0.2) is 9.48 Å². The second-order valence-corrected chi connectivity index (χ2v) is 6.64. The van der Waals surface area contributed by atoms with Gasteiger partial charge in [0.05, 0.1) is 11.7 Å². The summed E-state index contributed by atoms with van der Waals surface area (Å²) < 4.78 is 7.36. The van der Waals surface area contributed by atoms with Crippen LogP contribution in [0.15, 0.2) is 6.20 Å². The molecule has 0 N–H and O–H groups in total. The molecule has 1 saturated heterocycles. The molecule has 0 radical (unpaired) electrons. The second kappa shape index (κ2) is 6.45. The Labute approximate surface area is 126 Å². The van der Waals surface area contributed by atoms with Gasteiger partial charge in [-0.3, -0.25) is 0 Å². The summed E-state index contributed by atoms with van der Waals surface area (Å²) >= 11 is 0. The minimum Gasteiger partial charge on any atom is -0.444 e. The van der Waals surface area contributed by atoms with E-state index in [0.29, 0.717) is 19.1 Å². The van der Waals surface area contributed by atoms with Crippen LogP contribution in [0.2, 0.25) is 0 Å². The average Bonchev–Trinajstić information content (AvgIpc) is 2.86. The highest BCUT2D eigenvalue weighted by molar-refractivity contribution is 5.68. The predicted molar refractivity (Wildman–Crippen MR) is 80.1 cm³/mol. The summed E-state index contributed by atoms with van der Waals surface area (Å²) in [5.41, 5.74) is 0.613. The molecular weight excluding hydrogens is 268 g/mol. The van der Waals surface area contributed by atoms with Crippen LogP contribution in [0.1, 0.15) is 58.7 Å². The normalized spacial score (nSPS) is 17.0. The van der Waals surface area contributed by atoms with E-state index in [2.05, 4.69) is 17.2 Å². The lowest BCUT2D eigenvalue weighted by atomic mass is 10.1. The number of likely N-dealkylation sites (tertiary alicyclic amines) is 1. The fourth-order valence-corrected chi connectivity index (χ4v) is 2.50. The van der Waals surface area contributed by atoms with Crippen molar-refractivity contribution in [3.63, 3.8) is 0 Å². The van der Waals surface area contributed by atoms with E-state index < -0.39 is 5.60 Å². The molecule has 0 bridgehead atoms. The molecule has 21 heavy (non-hydrogen) atoms. The molecule has 2 rings (SSSR count). The van der Waals surface area contributed by atoms with E-state index in [4.69, 9.17) is 4.74 Å². The molecule has 0 spiro atoms. The average molecular weight is 294 g/mol. The molecule has 0 aliphatic carbocycles. The Morgan fingerprint density at radius 2 is 2.05 bits per heavy atom. The molecule has 1 aliphatic rings. The van der Waals surface area contributed by atoms with Crippen LogP contribution in [0.3, 0.4) is 0 Å². The first-order valence-corrected chi connectivity index (χ1v) is 7.77. The molecule has 0 aromatic carbocycles. The van der Waals surface area contributed by atoms with Gasteiger partial charge in [-0.1, -0.05) is 18.6 Å². The van der Waals surface area contributed by atoms with Gasteiger partial charge < -0.3 is 9.64 Å². The van der Waals surface area contributed by atoms with Crippen molar-refractivity contribution in [3.8, 4) is 0 Å². The largest absolute Gasteiger partial charge is 0.444 e. The first-order chi connectivity index (χ1) is 9.89. The summed E-state index contributed by atoms with van der Waals surface area (Å²) in [6.45, 7) is 9.23. The number of aromatic nitrogens is 3. The Morgan fingerprint density at radius 1 is 1.38 bits per heavy atom. The first kappa shape index (κ1) is 15.8. The van der Waals surface area contributed by atoms with E-state index in [1.54, 1.807) is 4.90 Å². The maximum absolute atomic E-state index is 12.0. The molecule has 0 saturated carbocycles. The van der Waals surface area contributed by atoms with Gasteiger partial charge >= 0.3 is 6.09 Å². The van der Waals surface area contributed by atoms with Crippen LogP contribution in [-0.2, 0) is 11.2 Å². The maximum Gasteiger partial charge on any atom is 0.410 e. The van der Waals surface area contributed by atoms with Crippen molar-refractivity contribution < 1.29 is 9.53 Å². The lowest BCUT2D eigenvalue weighted by molar-refractivity contribution is 0.0184. The molecule has 6 heteroatoms. The van der Waals surface area contributed by atoms with Crippen LogP contribution in [-0.4, -0.2) is 44.7 Å². The number of carbonyl (C=O) groups is 1. The van der Waals surface area contributed by atoms with E-state index >= 15 is 0 Å². The van der Waals surface area contributed by atoms with Gasteiger partial charge in [0.1, 0.15) is 5.60 Å². The van der Waals surface area contributed by atoms with Gasteiger partial charge in [0.15, 0.2) is 0 Å². The van der Waals surface area contributed by atoms with Gasteiger partial charge in [-0.05, 0) is 40.0 Å². The number of rotatable bonds is 3. The van der Waals surface area contributed by atoms with Crippen molar-refractivity contribution >= 4 is 6.09 Å². The van der Waals surface area contributed by atoms with E-state index in [-0.39, 0.29) is 6.09 Å². The Bertz CT molecular complexity index is 470. The van der Waals surface area contributed by atoms with Crippen LogP contribution in [0.25, 0.3) is 0 Å². The van der Waals surface area contributed by atoms with Crippen LogP contribution in [0.5, 0.6) is 0 Å². The van der Waals surface area contributed by atoms with E-state index in [0.717, 1.165) is 31.4 Å². The molecule has 6 nitrogen and oxygen atoms in total. The summed E-state index contributed by atoms with van der Waals surface area (Å²) in [6.07, 6.45) is 5.66. The highest BCUT2D eigenvalue weighted by atomic mass is 16.6. The predicted octanol–water partition coefficient (Wildman–Crippen LogP) is 2.80. The number of nitrogens with zero attached hydrogens (tertiary/aromatic N) is 4. The fourth-order valence-electron chi connectivity index (χ4n) is 2.50. The first-order valence-electron chi connectivity index (χ1n) is 7.77. The van der Waals surface area contributed by atoms with Crippen LogP contribution in [0.4, 0.5) is 4.79 Å². The zero-order valence-electron chi connectivity index (χ0n) is 13.5. The third kappa shape index (κ3) is 4.44. The van der Waals surface area contributed by atoms with Gasteiger partial charge in [0.25, 0.3) is 0 Å². The quantitative estimate of drug-likeness (QED) is 0.860. The highest BCUT2D eigenvalue weighted by Gasteiger charge is 2.27. The van der Waals surface area contributed by atoms with Crippen LogP contribution < -0.4 is 0 Å². The van der Waals surface area contributed by atoms with E-state index in [1.807, 2.05) is 31.6 Å². The van der Waals surface area contributed by atoms with Crippen molar-refractivity contribution in [1.29, 1.82) is 0 Å². The van der Waals surface area contributed by atoms with Crippen molar-refractivity contribution in [2.24, 2.45) is 0 Å². The summed E-state index contributed by atoms with van der Waals surface area (Å²) in [5.74, 6) is 0. The monoisotopic (exact) mass is 294 g/mol. The minimum absolute atomic E-state index is 0.216. The van der Waals surface area contributed by atoms with E-state index in [1.165, 1.54) is 0 Å². The van der Waals surface area contributed by atoms with Crippen molar-refractivity contribution in [3.05, 3.63) is 11.9 Å². The molecule has 1 aromatic rings. The Hall–Kier alpha value is -1.59. The van der Waals surface area contributed by atoms with Crippen LogP contribution >= 0.6 is 0 Å². The maximum atomic E-state index is 12.0. The Balaban J connectivity index is 1.86. The molecule has 2 heterocycles. The van der Waals surface area contributed by atoms with Gasteiger partial charge in [-0.15, -0.1) is 5.10 Å². The molecule has 1 aliphatic heterocycles. The summed E-state index contributed by atoms with van der Waals surface area (Å²) in [6, 6.07) is 0.335. The van der Waals surface area contributed by atoms with Crippen molar-refractivity contribution in [1.82, 2.24) is 19.9 Å². The van der Waals surface area contributed by atoms with Crippen LogP contribution in [0, 0.1) is 0 Å². The molecular formula is C15H26N4O2. The number of piperidine rings is 1. The number of ether oxygens (including phenoxy) is 1. The lowest BCUT2D eigenvalue weighted by Gasteiger charge is -2.33. The molecule has 1 fully saturated rings. The minimum atomic E-state index is -0.436. The van der Waals surface area contributed by atoms with Gasteiger partial charge in [0.2, 0.25) is 0 Å². The number of hydrogen-bond acceptors (Lipinski definition) is 4. The summed E-state index contributed by atoms with van der Waals surface area (Å²) in [5, 5.41) is 8.41. The van der Waals surface area contributed by atoms with E-state index in [9.17, 15) is 4.79 Å². The highest BCUT2D eigenvalue weighted by Crippen LogP contribution is 2.23. The third-order valence-corrected chi connectivity index (χ3v) is 3.55. The van der Waals surface area contributed by atoms with Crippen molar-refractivity contribution in [2.75, 3.05) is 13.1 Å². The lowest BCUT2D eigenvalue weighted by Crippen LogP contribution is -2.42. The Morgan fingerprint density at radius 3 is 2.62 bits per heavy atom. The zero-order valence-corrected chi connectivity index (χ0v) is 13.5. The SMILES string of the molecule is CCCc1cn(C2CCN(C(=O)OC(C)(C)C)CC2)nn1. The molecule has 0 unspecified atom stereocenters. The molecule has 0 atom stereocenters. The topological polar surface area (TPSA) is 60.2 Å². The molecule has 118 valence electrons. The second-order valence-electron chi connectivity index (χ2n) is 6.64. The summed E-state index contributed by atoms with van der Waals surface area (Å²) in [7, 11) is 0. The Kier molecular flexibility index (Phi) is 4.85. The summed E-state index contributed by atoms with van der Waals surface area (Å²) in [4.78, 5) is 13.8.